The Kier molecular flexibility index (Phi) is 49.5. The Morgan fingerprint density at radius 3 is 1.02 bits per heavy atom. The van der Waals surface area contributed by atoms with E-state index in [0.29, 0.717) is 6.42 Å². The molecular formula is C55H107NO4. The zero-order valence-corrected chi connectivity index (χ0v) is 40.6. The number of unbranched alkanes of at least 4 members (excludes halogenated alkanes) is 40. The molecule has 60 heavy (non-hydrogen) atoms. The van der Waals surface area contributed by atoms with E-state index in [9.17, 15) is 20.1 Å². The summed E-state index contributed by atoms with van der Waals surface area (Å²) >= 11 is 0. The van der Waals surface area contributed by atoms with Gasteiger partial charge in [0.05, 0.1) is 18.8 Å². The lowest BCUT2D eigenvalue weighted by Gasteiger charge is -2.21. The summed E-state index contributed by atoms with van der Waals surface area (Å²) in [7, 11) is 0. The number of amides is 1. The summed E-state index contributed by atoms with van der Waals surface area (Å²) in [4.78, 5) is 12.5. The number of aliphatic hydroxyl groups excluding tert-OH is 3. The molecule has 356 valence electrons. The molecule has 3 atom stereocenters. The minimum Gasteiger partial charge on any atom is -0.394 e. The maximum atomic E-state index is 12.5. The maximum absolute atomic E-state index is 12.5. The predicted octanol–water partition coefficient (Wildman–Crippen LogP) is 16.5. The Labute approximate surface area is 375 Å². The first-order chi connectivity index (χ1) is 29.6. The van der Waals surface area contributed by atoms with Gasteiger partial charge in [0.1, 0.15) is 6.10 Å². The van der Waals surface area contributed by atoms with Crippen molar-refractivity contribution in [1.29, 1.82) is 0 Å². The summed E-state index contributed by atoms with van der Waals surface area (Å²) in [5, 5.41) is 33.2. The minimum atomic E-state index is -1.10. The number of aliphatic hydroxyl groups is 3. The predicted molar refractivity (Wildman–Crippen MR) is 264 cm³/mol. The van der Waals surface area contributed by atoms with Crippen molar-refractivity contribution >= 4 is 5.91 Å². The van der Waals surface area contributed by atoms with Crippen LogP contribution in [0.25, 0.3) is 0 Å². The molecule has 0 saturated heterocycles. The second-order valence-corrected chi connectivity index (χ2v) is 18.8. The fraction of sp³-hybridized carbons (Fsp3) is 0.909. The highest BCUT2D eigenvalue weighted by Crippen LogP contribution is 2.18. The Bertz CT molecular complexity index is 890. The molecule has 0 heterocycles. The molecule has 0 bridgehead atoms. The number of allylic oxidation sites excluding steroid dienone is 3. The normalized spacial score (nSPS) is 13.5. The number of hydrogen-bond acceptors (Lipinski definition) is 4. The van der Waals surface area contributed by atoms with Crippen molar-refractivity contribution in [3.05, 3.63) is 24.3 Å². The van der Waals surface area contributed by atoms with Gasteiger partial charge in [0.15, 0.2) is 0 Å². The summed E-state index contributed by atoms with van der Waals surface area (Å²) in [5.74, 6) is -0.508. The van der Waals surface area contributed by atoms with E-state index in [1.54, 1.807) is 6.08 Å². The fourth-order valence-electron chi connectivity index (χ4n) is 8.56. The van der Waals surface area contributed by atoms with E-state index in [4.69, 9.17) is 0 Å². The molecule has 0 spiro atoms. The Hall–Kier alpha value is -1.17. The van der Waals surface area contributed by atoms with Crippen molar-refractivity contribution in [2.75, 3.05) is 6.61 Å². The van der Waals surface area contributed by atoms with Crippen LogP contribution in [-0.4, -0.2) is 46.1 Å². The molecule has 5 nitrogen and oxygen atoms in total. The van der Waals surface area contributed by atoms with Gasteiger partial charge in [-0.2, -0.15) is 0 Å². The molecule has 1 amide bonds. The zero-order chi connectivity index (χ0) is 43.7. The summed E-state index contributed by atoms with van der Waals surface area (Å²) < 4.78 is 0. The van der Waals surface area contributed by atoms with E-state index in [-0.39, 0.29) is 6.61 Å². The average molecular weight is 846 g/mol. The van der Waals surface area contributed by atoms with Gasteiger partial charge in [-0.05, 0) is 32.1 Å². The SMILES string of the molecule is CCCCCCCCCC/C=C/CC/C=C/C(O)C(CO)NC(=O)C(O)CCCCCCCCCCCCCCCCCCCCCCCCCCCCCCCCCC. The molecule has 0 saturated carbocycles. The molecule has 4 N–H and O–H groups in total. The molecule has 0 aromatic carbocycles. The molecule has 0 aromatic heterocycles. The first-order valence-corrected chi connectivity index (χ1v) is 27.2. The van der Waals surface area contributed by atoms with Crippen LogP contribution in [0, 0.1) is 0 Å². The number of nitrogens with one attached hydrogen (secondary N) is 1. The fourth-order valence-corrected chi connectivity index (χ4v) is 8.56. The smallest absolute Gasteiger partial charge is 0.249 e. The molecular weight excluding hydrogens is 739 g/mol. The van der Waals surface area contributed by atoms with Gasteiger partial charge in [0.25, 0.3) is 0 Å². The van der Waals surface area contributed by atoms with Gasteiger partial charge in [-0.15, -0.1) is 0 Å². The highest BCUT2D eigenvalue weighted by Gasteiger charge is 2.22. The first kappa shape index (κ1) is 58.8. The summed E-state index contributed by atoms with van der Waals surface area (Å²) in [5.41, 5.74) is 0. The Morgan fingerprint density at radius 2 is 0.683 bits per heavy atom. The second-order valence-electron chi connectivity index (χ2n) is 18.8. The standard InChI is InChI=1S/C55H107NO4/c1-3-5-7-9-11-13-15-17-19-20-21-22-23-24-25-26-27-28-29-30-31-32-33-34-35-36-38-40-42-44-46-48-50-54(59)55(60)56-52(51-57)53(58)49-47-45-43-41-39-37-18-16-14-12-10-8-6-4-2/h39,41,47,49,52-54,57-59H,3-38,40,42-46,48,50-51H2,1-2H3,(H,56,60)/b41-39+,49-47+. The molecule has 0 aliphatic heterocycles. The van der Waals surface area contributed by atoms with Crippen molar-refractivity contribution in [2.24, 2.45) is 0 Å². The van der Waals surface area contributed by atoms with Crippen LogP contribution in [-0.2, 0) is 4.79 Å². The lowest BCUT2D eigenvalue weighted by Crippen LogP contribution is -2.48. The molecule has 0 aliphatic rings. The third-order valence-corrected chi connectivity index (χ3v) is 12.8. The van der Waals surface area contributed by atoms with Gasteiger partial charge >= 0.3 is 0 Å². The second kappa shape index (κ2) is 50.5. The summed E-state index contributed by atoms with van der Waals surface area (Å²) in [6.07, 6.45) is 64.1. The molecule has 0 radical (unpaired) electrons. The molecule has 0 rings (SSSR count). The lowest BCUT2D eigenvalue weighted by atomic mass is 10.0. The highest BCUT2D eigenvalue weighted by atomic mass is 16.3. The lowest BCUT2D eigenvalue weighted by molar-refractivity contribution is -0.131. The molecule has 0 fully saturated rings. The van der Waals surface area contributed by atoms with Crippen LogP contribution in [0.4, 0.5) is 0 Å². The molecule has 0 aliphatic carbocycles. The van der Waals surface area contributed by atoms with Crippen molar-refractivity contribution in [3.63, 3.8) is 0 Å². The van der Waals surface area contributed by atoms with Crippen molar-refractivity contribution in [3.8, 4) is 0 Å². The quantitative estimate of drug-likeness (QED) is 0.0363. The van der Waals surface area contributed by atoms with Crippen molar-refractivity contribution in [1.82, 2.24) is 5.32 Å². The van der Waals surface area contributed by atoms with E-state index < -0.39 is 24.2 Å². The van der Waals surface area contributed by atoms with E-state index in [0.717, 1.165) is 38.5 Å². The van der Waals surface area contributed by atoms with E-state index in [2.05, 4.69) is 31.3 Å². The monoisotopic (exact) mass is 846 g/mol. The Balaban J connectivity index is 3.49. The van der Waals surface area contributed by atoms with Crippen LogP contribution in [0.5, 0.6) is 0 Å². The van der Waals surface area contributed by atoms with Crippen LogP contribution in [0.15, 0.2) is 24.3 Å². The van der Waals surface area contributed by atoms with Gasteiger partial charge in [-0.3, -0.25) is 4.79 Å². The molecule has 0 aromatic rings. The first-order valence-electron chi connectivity index (χ1n) is 27.2. The van der Waals surface area contributed by atoms with Gasteiger partial charge in [-0.25, -0.2) is 0 Å². The van der Waals surface area contributed by atoms with Crippen LogP contribution in [0.1, 0.15) is 296 Å². The molecule has 3 unspecified atom stereocenters. The van der Waals surface area contributed by atoms with Crippen LogP contribution < -0.4 is 5.32 Å². The van der Waals surface area contributed by atoms with Crippen LogP contribution >= 0.6 is 0 Å². The Morgan fingerprint density at radius 1 is 0.400 bits per heavy atom. The van der Waals surface area contributed by atoms with Gasteiger partial charge in [-0.1, -0.05) is 289 Å². The summed E-state index contributed by atoms with van der Waals surface area (Å²) in [6.45, 7) is 4.19. The van der Waals surface area contributed by atoms with Crippen molar-refractivity contribution in [2.45, 2.75) is 315 Å². The third-order valence-electron chi connectivity index (χ3n) is 12.8. The molecule has 5 heteroatoms. The zero-order valence-electron chi connectivity index (χ0n) is 40.6. The van der Waals surface area contributed by atoms with Gasteiger partial charge in [0, 0.05) is 0 Å². The van der Waals surface area contributed by atoms with E-state index in [1.165, 1.54) is 238 Å². The average Bonchev–Trinajstić information content (AvgIpc) is 3.25. The third kappa shape index (κ3) is 44.9. The largest absolute Gasteiger partial charge is 0.394 e. The number of carbonyl (C=O) groups is 1. The van der Waals surface area contributed by atoms with Gasteiger partial charge < -0.3 is 20.6 Å². The topological polar surface area (TPSA) is 89.8 Å². The van der Waals surface area contributed by atoms with E-state index in [1.807, 2.05) is 6.08 Å². The van der Waals surface area contributed by atoms with E-state index >= 15 is 0 Å². The van der Waals surface area contributed by atoms with Crippen molar-refractivity contribution < 1.29 is 20.1 Å². The van der Waals surface area contributed by atoms with Crippen LogP contribution in [0.3, 0.4) is 0 Å². The maximum Gasteiger partial charge on any atom is 0.249 e. The minimum absolute atomic E-state index is 0.373. The number of carbonyl (C=O) groups excluding carboxylic acids is 1. The number of hydrogen-bond donors (Lipinski definition) is 4. The number of rotatable bonds is 50. The van der Waals surface area contributed by atoms with Crippen LogP contribution in [0.2, 0.25) is 0 Å². The van der Waals surface area contributed by atoms with Gasteiger partial charge in [0.2, 0.25) is 5.91 Å². The summed E-state index contributed by atoms with van der Waals surface area (Å²) in [6, 6.07) is -0.811. The highest BCUT2D eigenvalue weighted by molar-refractivity contribution is 5.80.